The normalized spacial score (nSPS) is 17.9. The molecular formula is C13H20IN3O2S. The summed E-state index contributed by atoms with van der Waals surface area (Å²) in [6, 6.07) is 7.96. The smallest absolute Gasteiger partial charge is 0.191 e. The Morgan fingerprint density at radius 3 is 2.70 bits per heavy atom. The molecule has 7 heteroatoms. The van der Waals surface area contributed by atoms with Crippen molar-refractivity contribution >= 4 is 39.8 Å². The Morgan fingerprint density at radius 1 is 1.40 bits per heavy atom. The van der Waals surface area contributed by atoms with Gasteiger partial charge in [0.15, 0.2) is 15.8 Å². The molecule has 1 aliphatic heterocycles. The highest BCUT2D eigenvalue weighted by molar-refractivity contribution is 14.0. The van der Waals surface area contributed by atoms with Crippen molar-refractivity contribution in [3.8, 4) is 0 Å². The summed E-state index contributed by atoms with van der Waals surface area (Å²) < 4.78 is 22.5. The first kappa shape index (κ1) is 17.2. The van der Waals surface area contributed by atoms with Crippen LogP contribution in [0.2, 0.25) is 0 Å². The lowest BCUT2D eigenvalue weighted by atomic mass is 10.1. The molecule has 1 aliphatic rings. The van der Waals surface area contributed by atoms with Gasteiger partial charge < -0.3 is 10.6 Å². The van der Waals surface area contributed by atoms with E-state index in [1.165, 1.54) is 6.26 Å². The Bertz CT molecular complexity index is 587. The predicted molar refractivity (Wildman–Crippen MR) is 92.1 cm³/mol. The Balaban J connectivity index is 0.00000200. The summed E-state index contributed by atoms with van der Waals surface area (Å²) in [5, 5.41) is 6.43. The molecule has 0 aromatic heterocycles. The van der Waals surface area contributed by atoms with Crippen molar-refractivity contribution < 1.29 is 8.42 Å². The number of halogens is 1. The Morgan fingerprint density at radius 2 is 2.10 bits per heavy atom. The van der Waals surface area contributed by atoms with Crippen molar-refractivity contribution in [1.29, 1.82) is 0 Å². The summed E-state index contributed by atoms with van der Waals surface area (Å²) in [5.41, 5.74) is 1.86. The van der Waals surface area contributed by atoms with Gasteiger partial charge in [-0.15, -0.1) is 24.0 Å². The fraction of sp³-hybridized carbons (Fsp3) is 0.462. The van der Waals surface area contributed by atoms with Gasteiger partial charge in [0.1, 0.15) is 0 Å². The largest absolute Gasteiger partial charge is 0.352 e. The Kier molecular flexibility index (Phi) is 6.25. The molecule has 0 bridgehead atoms. The lowest BCUT2D eigenvalue weighted by Crippen LogP contribution is -2.37. The molecule has 0 saturated heterocycles. The number of rotatable bonds is 4. The van der Waals surface area contributed by atoms with E-state index in [9.17, 15) is 8.42 Å². The van der Waals surface area contributed by atoms with Crippen LogP contribution in [-0.2, 0) is 22.1 Å². The van der Waals surface area contributed by atoms with Gasteiger partial charge >= 0.3 is 0 Å². The Hall–Kier alpha value is -0.830. The highest BCUT2D eigenvalue weighted by Gasteiger charge is 2.11. The van der Waals surface area contributed by atoms with Crippen LogP contribution in [0.25, 0.3) is 0 Å². The molecule has 0 aliphatic carbocycles. The fourth-order valence-corrected chi connectivity index (χ4v) is 2.76. The van der Waals surface area contributed by atoms with Gasteiger partial charge in [0.05, 0.1) is 12.3 Å². The zero-order valence-electron chi connectivity index (χ0n) is 11.6. The number of benzene rings is 1. The first-order valence-corrected chi connectivity index (χ1v) is 8.29. The minimum atomic E-state index is -2.99. The third-order valence-electron chi connectivity index (χ3n) is 2.79. The predicted octanol–water partition coefficient (Wildman–Crippen LogP) is 1.29. The first-order valence-electron chi connectivity index (χ1n) is 6.23. The maximum Gasteiger partial charge on any atom is 0.191 e. The minimum absolute atomic E-state index is 0. The van der Waals surface area contributed by atoms with Crippen LogP contribution in [0.5, 0.6) is 0 Å². The van der Waals surface area contributed by atoms with E-state index in [-0.39, 0.29) is 29.7 Å². The van der Waals surface area contributed by atoms with Crippen LogP contribution in [0.3, 0.4) is 0 Å². The second kappa shape index (κ2) is 7.26. The molecule has 112 valence electrons. The third kappa shape index (κ3) is 5.66. The van der Waals surface area contributed by atoms with Crippen LogP contribution in [0.1, 0.15) is 18.1 Å². The molecule has 1 atom stereocenters. The lowest BCUT2D eigenvalue weighted by Gasteiger charge is -2.09. The summed E-state index contributed by atoms with van der Waals surface area (Å²) in [6.07, 6.45) is 1.25. The molecule has 0 amide bonds. The molecule has 1 unspecified atom stereocenters. The Labute approximate surface area is 137 Å². The molecule has 20 heavy (non-hydrogen) atoms. The maximum atomic E-state index is 11.3. The maximum absolute atomic E-state index is 11.3. The van der Waals surface area contributed by atoms with E-state index in [0.29, 0.717) is 12.6 Å². The van der Waals surface area contributed by atoms with Crippen molar-refractivity contribution in [1.82, 2.24) is 10.6 Å². The van der Waals surface area contributed by atoms with Crippen molar-refractivity contribution in [2.75, 3.05) is 12.8 Å². The van der Waals surface area contributed by atoms with E-state index >= 15 is 0 Å². The molecule has 0 saturated carbocycles. The molecule has 1 heterocycles. The van der Waals surface area contributed by atoms with Crippen LogP contribution in [0, 0.1) is 0 Å². The summed E-state index contributed by atoms with van der Waals surface area (Å²) in [5.74, 6) is 0.887. The number of nitrogens with zero attached hydrogens (tertiary/aromatic N) is 1. The van der Waals surface area contributed by atoms with Gasteiger partial charge in [-0.3, -0.25) is 4.99 Å². The van der Waals surface area contributed by atoms with E-state index in [0.717, 1.165) is 23.6 Å². The number of hydrogen-bond donors (Lipinski definition) is 2. The molecule has 0 radical (unpaired) electrons. The van der Waals surface area contributed by atoms with Crippen molar-refractivity contribution in [2.24, 2.45) is 4.99 Å². The number of guanidine groups is 1. The van der Waals surface area contributed by atoms with Gasteiger partial charge in [-0.1, -0.05) is 24.3 Å². The number of hydrogen-bond acceptors (Lipinski definition) is 5. The summed E-state index contributed by atoms with van der Waals surface area (Å²) in [6.45, 7) is 3.50. The van der Waals surface area contributed by atoms with Crippen molar-refractivity contribution in [3.63, 3.8) is 0 Å². The second-order valence-corrected chi connectivity index (χ2v) is 7.12. The zero-order chi connectivity index (χ0) is 13.9. The topological polar surface area (TPSA) is 70.6 Å². The highest BCUT2D eigenvalue weighted by atomic mass is 127. The monoisotopic (exact) mass is 409 g/mol. The zero-order valence-corrected chi connectivity index (χ0v) is 14.7. The quantitative estimate of drug-likeness (QED) is 0.736. The third-order valence-corrected chi connectivity index (χ3v) is 3.64. The standard InChI is InChI=1S/C13H19N3O2S.HI/c1-10-7-14-13(16-10)15-8-11-4-3-5-12(6-11)9-19(2,17)18;/h3-6,10H,7-9H2,1-2H3,(H2,14,15,16);1H. The average Bonchev–Trinajstić information content (AvgIpc) is 2.71. The molecule has 0 fully saturated rings. The van der Waals surface area contributed by atoms with Gasteiger partial charge in [0, 0.05) is 18.8 Å². The summed E-state index contributed by atoms with van der Waals surface area (Å²) >= 11 is 0. The van der Waals surface area contributed by atoms with E-state index in [1.54, 1.807) is 0 Å². The van der Waals surface area contributed by atoms with Crippen LogP contribution in [0.4, 0.5) is 0 Å². The van der Waals surface area contributed by atoms with E-state index < -0.39 is 9.84 Å². The fourth-order valence-electron chi connectivity index (χ4n) is 1.98. The lowest BCUT2D eigenvalue weighted by molar-refractivity contribution is 0.601. The van der Waals surface area contributed by atoms with Gasteiger partial charge in [0.2, 0.25) is 0 Å². The molecule has 2 N–H and O–H groups in total. The van der Waals surface area contributed by atoms with Gasteiger partial charge in [-0.05, 0) is 18.1 Å². The number of sulfone groups is 1. The molecular weight excluding hydrogens is 389 g/mol. The van der Waals surface area contributed by atoms with E-state index in [4.69, 9.17) is 0 Å². The van der Waals surface area contributed by atoms with Crippen LogP contribution in [-0.4, -0.2) is 33.2 Å². The van der Waals surface area contributed by atoms with Crippen molar-refractivity contribution in [3.05, 3.63) is 35.4 Å². The van der Waals surface area contributed by atoms with Crippen LogP contribution in [0.15, 0.2) is 29.3 Å². The van der Waals surface area contributed by atoms with E-state index in [1.807, 2.05) is 24.3 Å². The van der Waals surface area contributed by atoms with Crippen LogP contribution >= 0.6 is 24.0 Å². The second-order valence-electron chi connectivity index (χ2n) is 4.98. The molecule has 2 rings (SSSR count). The van der Waals surface area contributed by atoms with E-state index in [2.05, 4.69) is 22.5 Å². The summed E-state index contributed by atoms with van der Waals surface area (Å²) in [4.78, 5) is 4.31. The molecule has 5 nitrogen and oxygen atoms in total. The minimum Gasteiger partial charge on any atom is -0.352 e. The first-order chi connectivity index (χ1) is 8.92. The summed E-state index contributed by atoms with van der Waals surface area (Å²) in [7, 11) is -2.99. The van der Waals surface area contributed by atoms with Crippen LogP contribution < -0.4 is 10.6 Å². The molecule has 1 aromatic carbocycles. The number of nitrogens with one attached hydrogen (secondary N) is 2. The molecule has 1 aromatic rings. The molecule has 0 spiro atoms. The van der Waals surface area contributed by atoms with Crippen molar-refractivity contribution in [2.45, 2.75) is 25.3 Å². The van der Waals surface area contributed by atoms with Gasteiger partial charge in [-0.25, -0.2) is 8.42 Å². The van der Waals surface area contributed by atoms with Gasteiger partial charge in [-0.2, -0.15) is 0 Å². The van der Waals surface area contributed by atoms with Gasteiger partial charge in [0.25, 0.3) is 0 Å². The number of aliphatic imine (C=N–C) groups is 1. The SMILES string of the molecule is CC1CN=C(NCc2cccc(CS(C)(=O)=O)c2)N1.I. The highest BCUT2D eigenvalue weighted by Crippen LogP contribution is 2.08. The average molecular weight is 409 g/mol.